The maximum Gasteiger partial charge on any atom is 0.253 e. The van der Waals surface area contributed by atoms with Crippen LogP contribution in [-0.4, -0.2) is 57.7 Å². The van der Waals surface area contributed by atoms with Crippen molar-refractivity contribution in [1.82, 2.24) is 10.2 Å². The summed E-state index contributed by atoms with van der Waals surface area (Å²) in [7, 11) is -1.37. The highest BCUT2D eigenvalue weighted by Crippen LogP contribution is 2.28. The highest BCUT2D eigenvalue weighted by molar-refractivity contribution is 7.93. The number of anilines is 1. The van der Waals surface area contributed by atoms with Crippen LogP contribution < -0.4 is 9.62 Å². The molecule has 23 heavy (non-hydrogen) atoms. The third-order valence-electron chi connectivity index (χ3n) is 4.71. The van der Waals surface area contributed by atoms with Gasteiger partial charge in [-0.3, -0.25) is 9.10 Å². The van der Waals surface area contributed by atoms with Crippen molar-refractivity contribution in [3.05, 3.63) is 29.3 Å². The summed E-state index contributed by atoms with van der Waals surface area (Å²) in [6.45, 7) is 4.14. The van der Waals surface area contributed by atoms with Crippen molar-refractivity contribution in [2.45, 2.75) is 25.8 Å². The lowest BCUT2D eigenvalue weighted by molar-refractivity contribution is 0.0743. The van der Waals surface area contributed by atoms with Crippen molar-refractivity contribution in [2.75, 3.05) is 36.7 Å². The average molecular weight is 337 g/mol. The number of nitrogens with zero attached hydrogens (tertiary/aromatic N) is 2. The number of sulfonamides is 1. The molecule has 2 fully saturated rings. The fourth-order valence-electron chi connectivity index (χ4n) is 3.32. The highest BCUT2D eigenvalue weighted by atomic mass is 32.2. The predicted octanol–water partition coefficient (Wildman–Crippen LogP) is 0.969. The van der Waals surface area contributed by atoms with Crippen molar-refractivity contribution < 1.29 is 13.2 Å². The number of aryl methyl sites for hydroxylation is 1. The standard InChI is InChI=1S/C16H23N3O3S/c1-12-10-13(16(20)18(2)14-6-7-17-11-14)4-5-15(12)19-8-3-9-23(19,21)22/h4-5,10,14,17H,3,6-9,11H2,1-2H3/t14-/m0/s1. The van der Waals surface area contributed by atoms with Gasteiger partial charge in [-0.1, -0.05) is 0 Å². The fourth-order valence-corrected chi connectivity index (χ4v) is 4.94. The van der Waals surface area contributed by atoms with Gasteiger partial charge >= 0.3 is 0 Å². The monoisotopic (exact) mass is 337 g/mol. The van der Waals surface area contributed by atoms with Gasteiger partial charge in [0, 0.05) is 31.7 Å². The van der Waals surface area contributed by atoms with Crippen LogP contribution in [0.15, 0.2) is 18.2 Å². The molecule has 0 unspecified atom stereocenters. The zero-order valence-corrected chi connectivity index (χ0v) is 14.4. The van der Waals surface area contributed by atoms with Crippen LogP contribution in [-0.2, 0) is 10.0 Å². The molecule has 1 N–H and O–H groups in total. The second-order valence-corrected chi connectivity index (χ2v) is 8.32. The summed E-state index contributed by atoms with van der Waals surface area (Å²) in [5.41, 5.74) is 2.11. The van der Waals surface area contributed by atoms with Crippen LogP contribution in [0.2, 0.25) is 0 Å². The molecule has 0 spiro atoms. The van der Waals surface area contributed by atoms with E-state index >= 15 is 0 Å². The van der Waals surface area contributed by atoms with E-state index in [9.17, 15) is 13.2 Å². The number of nitrogens with one attached hydrogen (secondary N) is 1. The molecule has 2 heterocycles. The Balaban J connectivity index is 1.83. The van der Waals surface area contributed by atoms with Gasteiger partial charge in [-0.05, 0) is 50.1 Å². The molecule has 0 aromatic heterocycles. The van der Waals surface area contributed by atoms with Crippen LogP contribution >= 0.6 is 0 Å². The number of benzene rings is 1. The van der Waals surface area contributed by atoms with Crippen LogP contribution in [0, 0.1) is 6.92 Å². The molecule has 126 valence electrons. The molecule has 6 nitrogen and oxygen atoms in total. The molecule has 0 saturated carbocycles. The molecule has 7 heteroatoms. The molecular weight excluding hydrogens is 314 g/mol. The van der Waals surface area contributed by atoms with Crippen LogP contribution in [0.25, 0.3) is 0 Å². The topological polar surface area (TPSA) is 69.7 Å². The van der Waals surface area contributed by atoms with E-state index < -0.39 is 10.0 Å². The molecule has 1 amide bonds. The molecule has 0 aliphatic carbocycles. The van der Waals surface area contributed by atoms with Gasteiger partial charge in [0.1, 0.15) is 0 Å². The molecule has 0 radical (unpaired) electrons. The largest absolute Gasteiger partial charge is 0.337 e. The zero-order chi connectivity index (χ0) is 16.6. The van der Waals surface area contributed by atoms with Gasteiger partial charge < -0.3 is 10.2 Å². The SMILES string of the molecule is Cc1cc(C(=O)N(C)[C@H]2CCNC2)ccc1N1CCCS1(=O)=O. The lowest BCUT2D eigenvalue weighted by Gasteiger charge is -2.25. The lowest BCUT2D eigenvalue weighted by Crippen LogP contribution is -2.38. The number of hydrogen-bond acceptors (Lipinski definition) is 4. The van der Waals surface area contributed by atoms with Gasteiger partial charge in [0.15, 0.2) is 0 Å². The van der Waals surface area contributed by atoms with Crippen LogP contribution in [0.3, 0.4) is 0 Å². The van der Waals surface area contributed by atoms with Gasteiger partial charge in [0.2, 0.25) is 10.0 Å². The smallest absolute Gasteiger partial charge is 0.253 e. The minimum atomic E-state index is -3.20. The molecule has 2 saturated heterocycles. The second kappa shape index (κ2) is 6.13. The van der Waals surface area contributed by atoms with E-state index in [2.05, 4.69) is 5.32 Å². The number of carbonyl (C=O) groups excluding carboxylic acids is 1. The number of amides is 1. The van der Waals surface area contributed by atoms with Crippen molar-refractivity contribution in [2.24, 2.45) is 0 Å². The van der Waals surface area contributed by atoms with Gasteiger partial charge in [-0.2, -0.15) is 0 Å². The van der Waals surface area contributed by atoms with E-state index in [1.54, 1.807) is 23.1 Å². The van der Waals surface area contributed by atoms with Crippen molar-refractivity contribution in [1.29, 1.82) is 0 Å². The second-order valence-electron chi connectivity index (χ2n) is 6.31. The average Bonchev–Trinajstić information content (AvgIpc) is 3.15. The highest BCUT2D eigenvalue weighted by Gasteiger charge is 2.30. The first-order chi connectivity index (χ1) is 10.9. The Morgan fingerprint density at radius 1 is 1.39 bits per heavy atom. The van der Waals surface area contributed by atoms with E-state index in [0.29, 0.717) is 24.2 Å². The minimum Gasteiger partial charge on any atom is -0.337 e. The summed E-state index contributed by atoms with van der Waals surface area (Å²) in [6.07, 6.45) is 1.62. The first-order valence-corrected chi connectivity index (χ1v) is 9.60. The number of likely N-dealkylation sites (N-methyl/N-ethyl adjacent to an activating group) is 1. The van der Waals surface area contributed by atoms with Crippen LogP contribution in [0.1, 0.15) is 28.8 Å². The first kappa shape index (κ1) is 16.3. The molecule has 2 aliphatic heterocycles. The Bertz CT molecular complexity index is 711. The summed E-state index contributed by atoms with van der Waals surface area (Å²) in [4.78, 5) is 14.4. The normalized spacial score (nSPS) is 23.2. The lowest BCUT2D eigenvalue weighted by atomic mass is 10.1. The van der Waals surface area contributed by atoms with Gasteiger partial charge in [0.05, 0.1) is 11.4 Å². The Morgan fingerprint density at radius 3 is 2.74 bits per heavy atom. The fraction of sp³-hybridized carbons (Fsp3) is 0.562. The number of carbonyl (C=O) groups is 1. The maximum atomic E-state index is 12.6. The first-order valence-electron chi connectivity index (χ1n) is 7.99. The Kier molecular flexibility index (Phi) is 4.33. The van der Waals surface area contributed by atoms with Crippen molar-refractivity contribution in [3.63, 3.8) is 0 Å². The third kappa shape index (κ3) is 3.07. The zero-order valence-electron chi connectivity index (χ0n) is 13.6. The van der Waals surface area contributed by atoms with Crippen LogP contribution in [0.4, 0.5) is 5.69 Å². The van der Waals surface area contributed by atoms with E-state index in [-0.39, 0.29) is 17.7 Å². The van der Waals surface area contributed by atoms with Crippen molar-refractivity contribution in [3.8, 4) is 0 Å². The molecule has 3 rings (SSSR count). The molecule has 1 aromatic rings. The summed E-state index contributed by atoms with van der Waals surface area (Å²) in [6, 6.07) is 5.51. The van der Waals surface area contributed by atoms with Crippen LogP contribution in [0.5, 0.6) is 0 Å². The van der Waals surface area contributed by atoms with Gasteiger partial charge in [0.25, 0.3) is 5.91 Å². The van der Waals surface area contributed by atoms with E-state index in [0.717, 1.165) is 25.1 Å². The predicted molar refractivity (Wildman–Crippen MR) is 90.3 cm³/mol. The quantitative estimate of drug-likeness (QED) is 0.892. The molecule has 1 aromatic carbocycles. The van der Waals surface area contributed by atoms with E-state index in [4.69, 9.17) is 0 Å². The summed E-state index contributed by atoms with van der Waals surface area (Å²) >= 11 is 0. The molecule has 0 bridgehead atoms. The molecule has 2 aliphatic rings. The van der Waals surface area contributed by atoms with Crippen molar-refractivity contribution >= 4 is 21.6 Å². The van der Waals surface area contributed by atoms with Gasteiger partial charge in [-0.25, -0.2) is 8.42 Å². The molecular formula is C16H23N3O3S. The summed E-state index contributed by atoms with van der Waals surface area (Å²) in [5, 5.41) is 3.26. The summed E-state index contributed by atoms with van der Waals surface area (Å²) in [5.74, 6) is 0.183. The molecule has 1 atom stereocenters. The van der Waals surface area contributed by atoms with E-state index in [1.165, 1.54) is 4.31 Å². The number of rotatable bonds is 3. The third-order valence-corrected chi connectivity index (χ3v) is 6.57. The Labute approximate surface area is 137 Å². The number of hydrogen-bond donors (Lipinski definition) is 1. The maximum absolute atomic E-state index is 12.6. The van der Waals surface area contributed by atoms with E-state index in [1.807, 2.05) is 14.0 Å². The minimum absolute atomic E-state index is 0.0161. The van der Waals surface area contributed by atoms with Gasteiger partial charge in [-0.15, -0.1) is 0 Å². The summed E-state index contributed by atoms with van der Waals surface area (Å²) < 4.78 is 25.6. The Hall–Kier alpha value is -1.60. The Morgan fingerprint density at radius 2 is 2.17 bits per heavy atom.